The van der Waals surface area contributed by atoms with Crippen LogP contribution in [0.4, 0.5) is 0 Å². The smallest absolute Gasteiger partial charge is 0.0685 e. The summed E-state index contributed by atoms with van der Waals surface area (Å²) in [5.74, 6) is 2.04. The number of hydrogen-bond donors (Lipinski definition) is 1. The molecule has 1 saturated carbocycles. The highest BCUT2D eigenvalue weighted by molar-refractivity contribution is 8.00. The summed E-state index contributed by atoms with van der Waals surface area (Å²) in [6.07, 6.45) is 13.3. The first kappa shape index (κ1) is 14.2. The molecule has 3 unspecified atom stereocenters. The van der Waals surface area contributed by atoms with Crippen LogP contribution in [0.15, 0.2) is 0 Å². The molecule has 3 rings (SSSR count). The molecule has 2 nitrogen and oxygen atoms in total. The molecule has 1 spiro atoms. The Labute approximate surface area is 122 Å². The van der Waals surface area contributed by atoms with Crippen LogP contribution in [-0.4, -0.2) is 29.3 Å². The van der Waals surface area contributed by atoms with Gasteiger partial charge in [0.2, 0.25) is 0 Å². The molecule has 0 aromatic rings. The van der Waals surface area contributed by atoms with Gasteiger partial charge in [-0.25, -0.2) is 0 Å². The third kappa shape index (κ3) is 3.30. The van der Waals surface area contributed by atoms with Gasteiger partial charge in [0.15, 0.2) is 0 Å². The number of ether oxygens (including phenoxy) is 1. The van der Waals surface area contributed by atoms with Crippen molar-refractivity contribution >= 4 is 11.8 Å². The Morgan fingerprint density at radius 2 is 1.89 bits per heavy atom. The van der Waals surface area contributed by atoms with E-state index in [9.17, 15) is 0 Å². The van der Waals surface area contributed by atoms with Crippen LogP contribution in [0.3, 0.4) is 0 Å². The maximum Gasteiger partial charge on any atom is 0.0685 e. The molecule has 0 bridgehead atoms. The lowest BCUT2D eigenvalue weighted by Crippen LogP contribution is -2.49. The lowest BCUT2D eigenvalue weighted by Gasteiger charge is -2.46. The molecule has 3 fully saturated rings. The van der Waals surface area contributed by atoms with Crippen molar-refractivity contribution in [1.82, 2.24) is 0 Å². The summed E-state index contributed by atoms with van der Waals surface area (Å²) in [6.45, 7) is 0.954. The topological polar surface area (TPSA) is 35.2 Å². The Bertz CT molecular complexity index is 279. The molecule has 2 heterocycles. The first-order valence-electron chi connectivity index (χ1n) is 8.30. The summed E-state index contributed by atoms with van der Waals surface area (Å²) in [7, 11) is 0. The summed E-state index contributed by atoms with van der Waals surface area (Å²) >= 11 is 2.13. The van der Waals surface area contributed by atoms with E-state index in [1.165, 1.54) is 70.0 Å². The van der Waals surface area contributed by atoms with Gasteiger partial charge in [0.25, 0.3) is 0 Å². The molecule has 3 heteroatoms. The molecule has 0 amide bonds. The van der Waals surface area contributed by atoms with Crippen molar-refractivity contribution < 1.29 is 4.74 Å². The minimum atomic E-state index is 0.220. The number of hydrogen-bond acceptors (Lipinski definition) is 3. The molecule has 0 aromatic carbocycles. The van der Waals surface area contributed by atoms with Gasteiger partial charge in [-0.05, 0) is 50.2 Å². The molecule has 1 aliphatic carbocycles. The molecular formula is C16H29NOS. The zero-order valence-electron chi connectivity index (χ0n) is 12.1. The fourth-order valence-electron chi connectivity index (χ4n) is 4.31. The second-order valence-corrected chi connectivity index (χ2v) is 8.17. The third-order valence-electron chi connectivity index (χ3n) is 5.48. The predicted molar refractivity (Wildman–Crippen MR) is 82.6 cm³/mol. The molecule has 2 N–H and O–H groups in total. The van der Waals surface area contributed by atoms with Crippen LogP contribution >= 0.6 is 11.8 Å². The fraction of sp³-hybridized carbons (Fsp3) is 1.00. The van der Waals surface area contributed by atoms with Crippen molar-refractivity contribution in [2.45, 2.75) is 81.1 Å². The van der Waals surface area contributed by atoms with E-state index in [0.717, 1.165) is 11.9 Å². The van der Waals surface area contributed by atoms with Crippen molar-refractivity contribution in [2.24, 2.45) is 11.7 Å². The van der Waals surface area contributed by atoms with Gasteiger partial charge in [0.1, 0.15) is 0 Å². The summed E-state index contributed by atoms with van der Waals surface area (Å²) in [5.41, 5.74) is 6.86. The highest BCUT2D eigenvalue weighted by Crippen LogP contribution is 2.43. The normalized spacial score (nSPS) is 37.1. The Morgan fingerprint density at radius 1 is 1.05 bits per heavy atom. The Hall–Kier alpha value is 0.270. The second kappa shape index (κ2) is 6.36. The van der Waals surface area contributed by atoms with Crippen LogP contribution in [-0.2, 0) is 4.74 Å². The van der Waals surface area contributed by atoms with Crippen molar-refractivity contribution in [3.8, 4) is 0 Å². The van der Waals surface area contributed by atoms with Crippen LogP contribution in [0.1, 0.15) is 64.2 Å². The van der Waals surface area contributed by atoms with Gasteiger partial charge >= 0.3 is 0 Å². The summed E-state index contributed by atoms with van der Waals surface area (Å²) in [5, 5.41) is 0.720. The van der Waals surface area contributed by atoms with E-state index >= 15 is 0 Å². The van der Waals surface area contributed by atoms with E-state index in [1.54, 1.807) is 0 Å². The highest BCUT2D eigenvalue weighted by Gasteiger charge is 2.41. The average molecular weight is 283 g/mol. The molecule has 3 aliphatic rings. The quantitative estimate of drug-likeness (QED) is 0.838. The molecule has 19 heavy (non-hydrogen) atoms. The van der Waals surface area contributed by atoms with E-state index in [2.05, 4.69) is 11.8 Å². The van der Waals surface area contributed by atoms with Gasteiger partial charge in [-0.1, -0.05) is 25.7 Å². The number of rotatable bonds is 2. The Kier molecular flexibility index (Phi) is 4.76. The van der Waals surface area contributed by atoms with Gasteiger partial charge in [0, 0.05) is 17.9 Å². The molecular weight excluding hydrogens is 254 g/mol. The van der Waals surface area contributed by atoms with Crippen LogP contribution in [0.5, 0.6) is 0 Å². The summed E-state index contributed by atoms with van der Waals surface area (Å²) in [4.78, 5) is 0. The fourth-order valence-corrected chi connectivity index (χ4v) is 5.76. The minimum Gasteiger partial charge on any atom is -0.375 e. The van der Waals surface area contributed by atoms with Gasteiger partial charge in [-0.2, -0.15) is 11.8 Å². The van der Waals surface area contributed by atoms with Crippen LogP contribution in [0, 0.1) is 5.92 Å². The summed E-state index contributed by atoms with van der Waals surface area (Å²) in [6, 6.07) is 0.410. The SMILES string of the molecule is NC(C1CCOC2(CCCCC2)C1)C1CCCCS1. The largest absolute Gasteiger partial charge is 0.375 e. The maximum atomic E-state index is 6.64. The second-order valence-electron chi connectivity index (χ2n) is 6.83. The van der Waals surface area contributed by atoms with Crippen molar-refractivity contribution in [3.63, 3.8) is 0 Å². The van der Waals surface area contributed by atoms with Crippen molar-refractivity contribution in [2.75, 3.05) is 12.4 Å². The van der Waals surface area contributed by atoms with Crippen molar-refractivity contribution in [1.29, 1.82) is 0 Å². The van der Waals surface area contributed by atoms with E-state index < -0.39 is 0 Å². The van der Waals surface area contributed by atoms with Gasteiger partial charge in [0.05, 0.1) is 5.60 Å². The lowest BCUT2D eigenvalue weighted by molar-refractivity contribution is -0.120. The van der Waals surface area contributed by atoms with Gasteiger partial charge in [-0.15, -0.1) is 0 Å². The third-order valence-corrected chi connectivity index (χ3v) is 6.99. The Balaban J connectivity index is 1.60. The predicted octanol–water partition coefficient (Wildman–Crippen LogP) is 3.73. The van der Waals surface area contributed by atoms with Crippen LogP contribution < -0.4 is 5.73 Å². The standard InChI is InChI=1S/C16H29NOS/c17-15(14-6-2-5-11-19-14)13-7-10-18-16(12-13)8-3-1-4-9-16/h13-15H,1-12,17H2. The Morgan fingerprint density at radius 3 is 2.63 bits per heavy atom. The number of nitrogens with two attached hydrogens (primary N) is 1. The van der Waals surface area contributed by atoms with Gasteiger partial charge < -0.3 is 10.5 Å². The highest BCUT2D eigenvalue weighted by atomic mass is 32.2. The van der Waals surface area contributed by atoms with E-state index in [1.807, 2.05) is 0 Å². The van der Waals surface area contributed by atoms with E-state index in [0.29, 0.717) is 12.0 Å². The van der Waals surface area contributed by atoms with Crippen LogP contribution in [0.25, 0.3) is 0 Å². The monoisotopic (exact) mass is 283 g/mol. The first-order chi connectivity index (χ1) is 9.29. The lowest BCUT2D eigenvalue weighted by atomic mass is 9.73. The molecule has 3 atom stereocenters. The van der Waals surface area contributed by atoms with Crippen LogP contribution in [0.2, 0.25) is 0 Å². The molecule has 2 saturated heterocycles. The average Bonchev–Trinajstić information content (AvgIpc) is 2.48. The van der Waals surface area contributed by atoms with E-state index in [4.69, 9.17) is 10.5 Å². The van der Waals surface area contributed by atoms with E-state index in [-0.39, 0.29) is 5.60 Å². The van der Waals surface area contributed by atoms with Crippen molar-refractivity contribution in [3.05, 3.63) is 0 Å². The molecule has 2 aliphatic heterocycles. The number of thioether (sulfide) groups is 1. The maximum absolute atomic E-state index is 6.64. The zero-order chi connectivity index (χ0) is 13.1. The minimum absolute atomic E-state index is 0.220. The first-order valence-corrected chi connectivity index (χ1v) is 9.35. The molecule has 0 aromatic heterocycles. The molecule has 0 radical (unpaired) electrons. The molecule has 110 valence electrons. The summed E-state index contributed by atoms with van der Waals surface area (Å²) < 4.78 is 6.21. The van der Waals surface area contributed by atoms with Gasteiger partial charge in [-0.3, -0.25) is 0 Å². The zero-order valence-corrected chi connectivity index (χ0v) is 12.9.